The molecule has 1 amide bonds. The highest BCUT2D eigenvalue weighted by Gasteiger charge is 2.25. The van der Waals surface area contributed by atoms with Crippen molar-refractivity contribution in [3.8, 4) is 16.9 Å². The highest BCUT2D eigenvalue weighted by molar-refractivity contribution is 5.95. The molecule has 2 aromatic heterocycles. The molecule has 1 atom stereocenters. The number of aliphatic hydroxyl groups is 1. The van der Waals surface area contributed by atoms with E-state index in [1.165, 1.54) is 0 Å². The molecule has 1 aromatic carbocycles. The minimum atomic E-state index is -0.417. The Hall–Kier alpha value is -3.06. The van der Waals surface area contributed by atoms with Gasteiger partial charge in [0.15, 0.2) is 0 Å². The van der Waals surface area contributed by atoms with Gasteiger partial charge in [0.05, 0.1) is 6.10 Å². The summed E-state index contributed by atoms with van der Waals surface area (Å²) in [5.41, 5.74) is 3.48. The highest BCUT2D eigenvalue weighted by Crippen LogP contribution is 2.24. The number of nitrogens with zero attached hydrogens (tertiary/aromatic N) is 5. The van der Waals surface area contributed by atoms with Crippen LogP contribution in [0.1, 0.15) is 22.3 Å². The van der Waals surface area contributed by atoms with Gasteiger partial charge >= 0.3 is 0 Å². The van der Waals surface area contributed by atoms with Crippen LogP contribution in [0.25, 0.3) is 16.9 Å². The highest BCUT2D eigenvalue weighted by atomic mass is 16.3. The summed E-state index contributed by atoms with van der Waals surface area (Å²) in [6.07, 6.45) is 5.22. The minimum Gasteiger partial charge on any atom is -0.391 e. The van der Waals surface area contributed by atoms with Gasteiger partial charge in [0.1, 0.15) is 18.5 Å². The van der Waals surface area contributed by atoms with Gasteiger partial charge in [-0.3, -0.25) is 9.36 Å². The molecule has 1 fully saturated rings. The summed E-state index contributed by atoms with van der Waals surface area (Å²) < 4.78 is 1.76. The molecule has 4 rings (SSSR count). The second-order valence-corrected chi connectivity index (χ2v) is 6.51. The zero-order chi connectivity index (χ0) is 18.1. The molecule has 7 heteroatoms. The quantitative estimate of drug-likeness (QED) is 0.780. The summed E-state index contributed by atoms with van der Waals surface area (Å²) in [5.74, 6) is 0.728. The fourth-order valence-electron chi connectivity index (χ4n) is 3.25. The number of carbonyl (C=O) groups excluding carboxylic acids is 1. The zero-order valence-corrected chi connectivity index (χ0v) is 14.4. The van der Waals surface area contributed by atoms with Crippen LogP contribution in [0.3, 0.4) is 0 Å². The average Bonchev–Trinajstić information content (AvgIpc) is 3.33. The van der Waals surface area contributed by atoms with E-state index in [2.05, 4.69) is 15.2 Å². The van der Waals surface area contributed by atoms with Gasteiger partial charge in [-0.2, -0.15) is 0 Å². The average molecular weight is 349 g/mol. The van der Waals surface area contributed by atoms with Gasteiger partial charge in [0.25, 0.3) is 5.91 Å². The fraction of sp³-hybridized carbons (Fsp3) is 0.263. The van der Waals surface area contributed by atoms with Gasteiger partial charge < -0.3 is 10.0 Å². The number of rotatable bonds is 3. The Morgan fingerprint density at radius 2 is 2.00 bits per heavy atom. The molecule has 0 unspecified atom stereocenters. The predicted molar refractivity (Wildman–Crippen MR) is 95.9 cm³/mol. The Kier molecular flexibility index (Phi) is 4.22. The number of β-amino-alcohol motifs (C(OH)–C–C–N with tert-alkyl or cyclic N) is 1. The second-order valence-electron chi connectivity index (χ2n) is 6.51. The van der Waals surface area contributed by atoms with Crippen LogP contribution in [0.2, 0.25) is 0 Å². The van der Waals surface area contributed by atoms with Crippen LogP contribution in [-0.2, 0) is 0 Å². The molecule has 26 heavy (non-hydrogen) atoms. The summed E-state index contributed by atoms with van der Waals surface area (Å²) in [6.45, 7) is 2.97. The monoisotopic (exact) mass is 349 g/mol. The second kappa shape index (κ2) is 6.68. The van der Waals surface area contributed by atoms with Gasteiger partial charge in [-0.1, -0.05) is 12.1 Å². The maximum atomic E-state index is 12.6. The van der Waals surface area contributed by atoms with Crippen LogP contribution in [-0.4, -0.2) is 54.9 Å². The van der Waals surface area contributed by atoms with Gasteiger partial charge in [-0.15, -0.1) is 10.2 Å². The smallest absolute Gasteiger partial charge is 0.253 e. The van der Waals surface area contributed by atoms with Crippen LogP contribution >= 0.6 is 0 Å². The van der Waals surface area contributed by atoms with Crippen molar-refractivity contribution in [1.82, 2.24) is 24.6 Å². The lowest BCUT2D eigenvalue weighted by Crippen LogP contribution is -2.29. The van der Waals surface area contributed by atoms with Crippen LogP contribution in [0.15, 0.2) is 49.2 Å². The van der Waals surface area contributed by atoms with Crippen molar-refractivity contribution in [1.29, 1.82) is 0 Å². The third-order valence-corrected chi connectivity index (χ3v) is 4.61. The van der Waals surface area contributed by atoms with E-state index in [1.807, 2.05) is 37.3 Å². The molecule has 0 spiro atoms. The van der Waals surface area contributed by atoms with E-state index >= 15 is 0 Å². The molecule has 3 heterocycles. The first-order chi connectivity index (χ1) is 12.6. The summed E-state index contributed by atoms with van der Waals surface area (Å²) in [7, 11) is 0. The molecular weight excluding hydrogens is 330 g/mol. The number of carbonyl (C=O) groups is 1. The molecule has 7 nitrogen and oxygen atoms in total. The van der Waals surface area contributed by atoms with E-state index in [9.17, 15) is 9.90 Å². The fourth-order valence-corrected chi connectivity index (χ4v) is 3.25. The third-order valence-electron chi connectivity index (χ3n) is 4.61. The molecule has 1 aliphatic rings. The molecule has 132 valence electrons. The normalized spacial score (nSPS) is 16.8. The number of aliphatic hydroxyl groups excluding tert-OH is 1. The van der Waals surface area contributed by atoms with Gasteiger partial charge in [-0.25, -0.2) is 4.98 Å². The minimum absolute atomic E-state index is 0.0470. The van der Waals surface area contributed by atoms with Gasteiger partial charge in [0.2, 0.25) is 0 Å². The van der Waals surface area contributed by atoms with Crippen molar-refractivity contribution >= 4 is 5.91 Å². The number of hydrogen-bond donors (Lipinski definition) is 1. The standard InChI is InChI=1S/C19H19N5O2/c1-13-7-16(9-20-18(13)24-11-21-22-12-24)14-3-2-4-15(8-14)19(26)23-6-5-17(25)10-23/h2-4,7-9,11-12,17,25H,5-6,10H2,1H3/t17-/m1/s1. The van der Waals surface area contributed by atoms with E-state index < -0.39 is 6.10 Å². The van der Waals surface area contributed by atoms with Crippen LogP contribution in [0.5, 0.6) is 0 Å². The van der Waals surface area contributed by atoms with E-state index in [0.717, 1.165) is 22.5 Å². The van der Waals surface area contributed by atoms with Crippen molar-refractivity contribution < 1.29 is 9.90 Å². The third kappa shape index (κ3) is 3.09. The molecule has 3 aromatic rings. The maximum absolute atomic E-state index is 12.6. The number of aromatic nitrogens is 4. The molecular formula is C19H19N5O2. The lowest BCUT2D eigenvalue weighted by atomic mass is 10.0. The van der Waals surface area contributed by atoms with Gasteiger partial charge in [-0.05, 0) is 42.7 Å². The maximum Gasteiger partial charge on any atom is 0.253 e. The van der Waals surface area contributed by atoms with E-state index in [0.29, 0.717) is 25.1 Å². The van der Waals surface area contributed by atoms with Crippen LogP contribution < -0.4 is 0 Å². The lowest BCUT2D eigenvalue weighted by molar-refractivity contribution is 0.0765. The van der Waals surface area contributed by atoms with Crippen molar-refractivity contribution in [2.45, 2.75) is 19.4 Å². The van der Waals surface area contributed by atoms with Crippen molar-refractivity contribution in [2.24, 2.45) is 0 Å². The molecule has 0 saturated carbocycles. The number of hydrogen-bond acceptors (Lipinski definition) is 5. The Balaban J connectivity index is 1.62. The molecule has 1 N–H and O–H groups in total. The number of amides is 1. The predicted octanol–water partition coefficient (Wildman–Crippen LogP) is 1.84. The number of benzene rings is 1. The lowest BCUT2D eigenvalue weighted by Gasteiger charge is -2.16. The number of likely N-dealkylation sites (tertiary alicyclic amines) is 1. The SMILES string of the molecule is Cc1cc(-c2cccc(C(=O)N3CC[C@@H](O)C3)c2)cnc1-n1cnnc1. The first-order valence-electron chi connectivity index (χ1n) is 8.51. The summed E-state index contributed by atoms with van der Waals surface area (Å²) in [5, 5.41) is 17.3. The Bertz CT molecular complexity index is 939. The molecule has 0 bridgehead atoms. The topological polar surface area (TPSA) is 84.1 Å². The van der Waals surface area contributed by atoms with E-state index in [-0.39, 0.29) is 5.91 Å². The van der Waals surface area contributed by atoms with E-state index in [1.54, 1.807) is 28.3 Å². The first-order valence-corrected chi connectivity index (χ1v) is 8.51. The summed E-state index contributed by atoms with van der Waals surface area (Å²) >= 11 is 0. The first kappa shape index (κ1) is 16.4. The van der Waals surface area contributed by atoms with Crippen molar-refractivity contribution in [3.63, 3.8) is 0 Å². The Morgan fingerprint density at radius 3 is 2.69 bits per heavy atom. The summed E-state index contributed by atoms with van der Waals surface area (Å²) in [4.78, 5) is 18.8. The molecule has 1 saturated heterocycles. The van der Waals surface area contributed by atoms with Crippen LogP contribution in [0, 0.1) is 6.92 Å². The van der Waals surface area contributed by atoms with E-state index in [4.69, 9.17) is 0 Å². The molecule has 1 aliphatic heterocycles. The zero-order valence-electron chi connectivity index (χ0n) is 14.4. The Labute approximate surface area is 150 Å². The number of pyridine rings is 1. The molecule has 0 aliphatic carbocycles. The van der Waals surface area contributed by atoms with Gasteiger partial charge in [0, 0.05) is 30.4 Å². The molecule has 0 radical (unpaired) electrons. The van der Waals surface area contributed by atoms with Crippen molar-refractivity contribution in [2.75, 3.05) is 13.1 Å². The largest absolute Gasteiger partial charge is 0.391 e. The number of aryl methyl sites for hydroxylation is 1. The van der Waals surface area contributed by atoms with Crippen molar-refractivity contribution in [3.05, 3.63) is 60.3 Å². The van der Waals surface area contributed by atoms with Crippen LogP contribution in [0.4, 0.5) is 0 Å². The Morgan fingerprint density at radius 1 is 1.19 bits per heavy atom. The summed E-state index contributed by atoms with van der Waals surface area (Å²) in [6, 6.07) is 9.55.